The Morgan fingerprint density at radius 3 is 2.63 bits per heavy atom. The highest BCUT2D eigenvalue weighted by Gasteiger charge is 2.46. The summed E-state index contributed by atoms with van der Waals surface area (Å²) in [6, 6.07) is 11.2. The zero-order chi connectivity index (χ0) is 21.4. The summed E-state index contributed by atoms with van der Waals surface area (Å²) < 4.78 is 0. The highest BCUT2D eigenvalue weighted by molar-refractivity contribution is 8.15. The topological polar surface area (TPSA) is 61.8 Å². The SMILES string of the molecule is Cc1ccc(C)c(NC(=O)CC2SC(=Nc3ccc(Cl)c(Cl)c3)N(C3CC3)C2=O)c1. The van der Waals surface area contributed by atoms with E-state index in [1.807, 2.05) is 32.0 Å². The molecule has 1 heterocycles. The van der Waals surface area contributed by atoms with Gasteiger partial charge in [0.25, 0.3) is 0 Å². The minimum Gasteiger partial charge on any atom is -0.326 e. The summed E-state index contributed by atoms with van der Waals surface area (Å²) in [5.41, 5.74) is 3.46. The van der Waals surface area contributed by atoms with Crippen molar-refractivity contribution in [2.75, 3.05) is 5.32 Å². The molecule has 0 spiro atoms. The molecule has 8 heteroatoms. The lowest BCUT2D eigenvalue weighted by Gasteiger charge is -2.15. The normalized spacial score (nSPS) is 20.1. The Hall–Kier alpha value is -2.02. The van der Waals surface area contributed by atoms with Gasteiger partial charge in [0.05, 0.1) is 15.7 Å². The number of amides is 2. The van der Waals surface area contributed by atoms with E-state index >= 15 is 0 Å². The number of nitrogens with zero attached hydrogens (tertiary/aromatic N) is 2. The number of halogens is 2. The average Bonchev–Trinajstić information content (AvgIpc) is 3.47. The molecule has 5 nitrogen and oxygen atoms in total. The number of amidine groups is 1. The van der Waals surface area contributed by atoms with Crippen molar-refractivity contribution in [2.24, 2.45) is 4.99 Å². The van der Waals surface area contributed by atoms with Gasteiger partial charge in [-0.2, -0.15) is 0 Å². The Bertz CT molecular complexity index is 1050. The van der Waals surface area contributed by atoms with Crippen molar-refractivity contribution in [3.63, 3.8) is 0 Å². The molecule has 0 bridgehead atoms. The van der Waals surface area contributed by atoms with Crippen LogP contribution in [0.15, 0.2) is 41.4 Å². The number of anilines is 1. The molecule has 2 amide bonds. The number of benzene rings is 2. The first-order valence-corrected chi connectivity index (χ1v) is 11.4. The molecule has 1 aliphatic heterocycles. The highest BCUT2D eigenvalue weighted by atomic mass is 35.5. The summed E-state index contributed by atoms with van der Waals surface area (Å²) in [5, 5.41) is 3.94. The van der Waals surface area contributed by atoms with Crippen LogP contribution in [0.1, 0.15) is 30.4 Å². The van der Waals surface area contributed by atoms with E-state index in [0.717, 1.165) is 29.7 Å². The molecule has 156 valence electrons. The standard InChI is InChI=1S/C22H21Cl2N3O2S/c1-12-3-4-13(2)18(9-12)26-20(28)11-19-21(29)27(15-6-7-15)22(30-19)25-14-5-8-16(23)17(24)10-14/h3-5,8-10,15,19H,6-7,11H2,1-2H3,(H,26,28). The molecule has 1 atom stereocenters. The second-order valence-corrected chi connectivity index (χ2v) is 9.59. The summed E-state index contributed by atoms with van der Waals surface area (Å²) in [6.07, 6.45) is 2.00. The Morgan fingerprint density at radius 1 is 1.17 bits per heavy atom. The quantitative estimate of drug-likeness (QED) is 0.617. The molecule has 0 aromatic heterocycles. The van der Waals surface area contributed by atoms with Crippen molar-refractivity contribution in [1.82, 2.24) is 4.90 Å². The molecule has 2 aromatic carbocycles. The van der Waals surface area contributed by atoms with Gasteiger partial charge in [0, 0.05) is 18.2 Å². The van der Waals surface area contributed by atoms with Crippen LogP contribution < -0.4 is 5.32 Å². The van der Waals surface area contributed by atoms with Crippen LogP contribution in [-0.2, 0) is 9.59 Å². The fourth-order valence-electron chi connectivity index (χ4n) is 3.27. The van der Waals surface area contributed by atoms with Crippen LogP contribution in [0, 0.1) is 13.8 Å². The lowest BCUT2D eigenvalue weighted by atomic mass is 10.1. The maximum atomic E-state index is 13.0. The maximum Gasteiger partial charge on any atom is 0.242 e. The van der Waals surface area contributed by atoms with Gasteiger partial charge in [-0.3, -0.25) is 14.5 Å². The van der Waals surface area contributed by atoms with Crippen molar-refractivity contribution in [3.8, 4) is 0 Å². The fourth-order valence-corrected chi connectivity index (χ4v) is 4.77. The minimum absolute atomic E-state index is 0.0579. The molecule has 2 aromatic rings. The lowest BCUT2D eigenvalue weighted by molar-refractivity contribution is -0.128. The number of hydrogen-bond donors (Lipinski definition) is 1. The summed E-state index contributed by atoms with van der Waals surface area (Å²) in [5.74, 6) is -0.237. The fraction of sp³-hybridized carbons (Fsp3) is 0.318. The smallest absolute Gasteiger partial charge is 0.242 e. The van der Waals surface area contributed by atoms with E-state index in [4.69, 9.17) is 23.2 Å². The van der Waals surface area contributed by atoms with Crippen LogP contribution >= 0.6 is 35.0 Å². The molecular formula is C22H21Cl2N3O2S. The number of thioether (sulfide) groups is 1. The number of aliphatic imine (C=N–C) groups is 1. The predicted octanol–water partition coefficient (Wildman–Crippen LogP) is 5.73. The molecular weight excluding hydrogens is 441 g/mol. The number of carbonyl (C=O) groups is 2. The van der Waals surface area contributed by atoms with E-state index in [9.17, 15) is 9.59 Å². The van der Waals surface area contributed by atoms with Gasteiger partial charge in [0.15, 0.2) is 5.17 Å². The minimum atomic E-state index is -0.489. The molecule has 4 rings (SSSR count). The lowest BCUT2D eigenvalue weighted by Crippen LogP contribution is -2.35. The first-order chi connectivity index (χ1) is 14.3. The van der Waals surface area contributed by atoms with Crippen LogP contribution in [0.3, 0.4) is 0 Å². The van der Waals surface area contributed by atoms with Crippen molar-refractivity contribution in [2.45, 2.75) is 44.4 Å². The Kier molecular flexibility index (Phi) is 6.09. The summed E-state index contributed by atoms with van der Waals surface area (Å²) in [6.45, 7) is 3.92. The third-order valence-electron chi connectivity index (χ3n) is 5.04. The van der Waals surface area contributed by atoms with Crippen LogP contribution in [0.25, 0.3) is 0 Å². The van der Waals surface area contributed by atoms with Gasteiger partial charge in [0.1, 0.15) is 5.25 Å². The monoisotopic (exact) mass is 461 g/mol. The molecule has 2 fully saturated rings. The van der Waals surface area contributed by atoms with E-state index in [2.05, 4.69) is 10.3 Å². The number of hydrogen-bond acceptors (Lipinski definition) is 4. The number of rotatable bonds is 5. The van der Waals surface area contributed by atoms with E-state index in [1.165, 1.54) is 11.8 Å². The third-order valence-corrected chi connectivity index (χ3v) is 6.94. The zero-order valence-electron chi connectivity index (χ0n) is 16.6. The van der Waals surface area contributed by atoms with Gasteiger partial charge in [-0.25, -0.2) is 4.99 Å². The highest BCUT2D eigenvalue weighted by Crippen LogP contribution is 2.40. The number of nitrogens with one attached hydrogen (secondary N) is 1. The van der Waals surface area contributed by atoms with Crippen molar-refractivity contribution in [1.29, 1.82) is 0 Å². The maximum absolute atomic E-state index is 13.0. The summed E-state index contributed by atoms with van der Waals surface area (Å²) in [4.78, 5) is 32.0. The van der Waals surface area contributed by atoms with Crippen LogP contribution in [0.4, 0.5) is 11.4 Å². The van der Waals surface area contributed by atoms with E-state index < -0.39 is 5.25 Å². The zero-order valence-corrected chi connectivity index (χ0v) is 18.9. The third kappa shape index (κ3) is 4.66. The molecule has 2 aliphatic rings. The first kappa shape index (κ1) is 21.2. The van der Waals surface area contributed by atoms with Gasteiger partial charge in [0.2, 0.25) is 11.8 Å². The van der Waals surface area contributed by atoms with Crippen molar-refractivity contribution >= 4 is 63.3 Å². The van der Waals surface area contributed by atoms with Crippen LogP contribution in [0.2, 0.25) is 10.0 Å². The van der Waals surface area contributed by atoms with Crippen LogP contribution in [0.5, 0.6) is 0 Å². The number of carbonyl (C=O) groups excluding carboxylic acids is 2. The van der Waals surface area contributed by atoms with Crippen molar-refractivity contribution in [3.05, 3.63) is 57.6 Å². The molecule has 1 aliphatic carbocycles. The van der Waals surface area contributed by atoms with Gasteiger partial charge >= 0.3 is 0 Å². The largest absolute Gasteiger partial charge is 0.326 e. The van der Waals surface area contributed by atoms with Gasteiger partial charge in [-0.15, -0.1) is 0 Å². The van der Waals surface area contributed by atoms with Gasteiger partial charge in [-0.1, -0.05) is 47.1 Å². The van der Waals surface area contributed by atoms with E-state index in [-0.39, 0.29) is 24.3 Å². The van der Waals surface area contributed by atoms with Crippen molar-refractivity contribution < 1.29 is 9.59 Å². The average molecular weight is 462 g/mol. The molecule has 30 heavy (non-hydrogen) atoms. The summed E-state index contributed by atoms with van der Waals surface area (Å²) >= 11 is 13.4. The number of aryl methyl sites for hydroxylation is 2. The molecule has 1 saturated carbocycles. The molecule has 1 unspecified atom stereocenters. The molecule has 1 N–H and O–H groups in total. The van der Waals surface area contributed by atoms with E-state index in [1.54, 1.807) is 23.1 Å². The van der Waals surface area contributed by atoms with Crippen LogP contribution in [-0.4, -0.2) is 33.2 Å². The Balaban J connectivity index is 1.51. The second kappa shape index (κ2) is 8.61. The first-order valence-electron chi connectivity index (χ1n) is 9.72. The second-order valence-electron chi connectivity index (χ2n) is 7.61. The van der Waals surface area contributed by atoms with E-state index in [0.29, 0.717) is 20.9 Å². The molecule has 1 saturated heterocycles. The molecule has 0 radical (unpaired) electrons. The summed E-state index contributed by atoms with van der Waals surface area (Å²) in [7, 11) is 0. The van der Waals surface area contributed by atoms with Gasteiger partial charge < -0.3 is 5.32 Å². The Labute approximate surface area is 189 Å². The predicted molar refractivity (Wildman–Crippen MR) is 124 cm³/mol. The van der Waals surface area contributed by atoms with Gasteiger partial charge in [-0.05, 0) is 62.1 Å². The Morgan fingerprint density at radius 2 is 1.93 bits per heavy atom.